The van der Waals surface area contributed by atoms with Gasteiger partial charge in [-0.25, -0.2) is 4.39 Å². The summed E-state index contributed by atoms with van der Waals surface area (Å²) in [5.41, 5.74) is 2.07. The van der Waals surface area contributed by atoms with Crippen molar-refractivity contribution in [2.75, 3.05) is 0 Å². The van der Waals surface area contributed by atoms with Crippen LogP contribution in [0.25, 0.3) is 0 Å². The molecule has 1 aromatic carbocycles. The van der Waals surface area contributed by atoms with Crippen molar-refractivity contribution >= 4 is 5.78 Å². The smallest absolute Gasteiger partial charge is 0.136 e. The van der Waals surface area contributed by atoms with Crippen LogP contribution < -0.4 is 0 Å². The maximum atomic E-state index is 13.3. The summed E-state index contributed by atoms with van der Waals surface area (Å²) in [6, 6.07) is 4.87. The Balaban J connectivity index is 2.12. The van der Waals surface area contributed by atoms with Gasteiger partial charge in [-0.15, -0.1) is 0 Å². The molecular weight excluding hydrogens is 239 g/mol. The molecule has 1 aliphatic carbocycles. The van der Waals surface area contributed by atoms with Crippen LogP contribution in [0, 0.1) is 30.5 Å². The van der Waals surface area contributed by atoms with Crippen LogP contribution in [0.5, 0.6) is 0 Å². The fourth-order valence-corrected chi connectivity index (χ4v) is 3.07. The number of aryl methyl sites for hydroxylation is 1. The SMILES string of the molecule is Cc1ccc(F)cc1CC1CC(C(C)C)CCC1=O. The maximum Gasteiger partial charge on any atom is 0.136 e. The molecule has 19 heavy (non-hydrogen) atoms. The molecule has 1 saturated carbocycles. The van der Waals surface area contributed by atoms with E-state index >= 15 is 0 Å². The van der Waals surface area contributed by atoms with Gasteiger partial charge in [0.05, 0.1) is 0 Å². The van der Waals surface area contributed by atoms with Crippen LogP contribution in [0.4, 0.5) is 4.39 Å². The number of carbonyl (C=O) groups excluding carboxylic acids is 1. The molecule has 0 bridgehead atoms. The predicted molar refractivity (Wildman–Crippen MR) is 75.5 cm³/mol. The van der Waals surface area contributed by atoms with Crippen LogP contribution in [0.1, 0.15) is 44.2 Å². The molecule has 0 spiro atoms. The fraction of sp³-hybridized carbons (Fsp3) is 0.588. The van der Waals surface area contributed by atoms with Crippen molar-refractivity contribution < 1.29 is 9.18 Å². The van der Waals surface area contributed by atoms with E-state index in [-0.39, 0.29) is 11.7 Å². The minimum absolute atomic E-state index is 0.0849. The van der Waals surface area contributed by atoms with Gasteiger partial charge in [-0.3, -0.25) is 4.79 Å². The van der Waals surface area contributed by atoms with Crippen LogP contribution in [0.15, 0.2) is 18.2 Å². The minimum atomic E-state index is -0.204. The molecule has 0 aliphatic heterocycles. The number of hydrogen-bond acceptors (Lipinski definition) is 1. The Labute approximate surface area is 115 Å². The van der Waals surface area contributed by atoms with Crippen molar-refractivity contribution in [3.05, 3.63) is 35.1 Å². The third-order valence-corrected chi connectivity index (χ3v) is 4.52. The molecule has 2 unspecified atom stereocenters. The number of benzene rings is 1. The number of hydrogen-bond donors (Lipinski definition) is 0. The Morgan fingerprint density at radius 3 is 2.79 bits per heavy atom. The molecule has 104 valence electrons. The van der Waals surface area contributed by atoms with Gasteiger partial charge in [0.2, 0.25) is 0 Å². The molecule has 1 aromatic rings. The van der Waals surface area contributed by atoms with Gasteiger partial charge in [0.25, 0.3) is 0 Å². The zero-order valence-corrected chi connectivity index (χ0v) is 12.1. The topological polar surface area (TPSA) is 17.1 Å². The number of rotatable bonds is 3. The Hall–Kier alpha value is -1.18. The first-order chi connectivity index (χ1) is 8.97. The highest BCUT2D eigenvalue weighted by atomic mass is 19.1. The molecule has 2 atom stereocenters. The van der Waals surface area contributed by atoms with Crippen LogP contribution >= 0.6 is 0 Å². The van der Waals surface area contributed by atoms with Crippen molar-refractivity contribution in [3.63, 3.8) is 0 Å². The molecular formula is C17H23FO. The van der Waals surface area contributed by atoms with Gasteiger partial charge in [0.1, 0.15) is 11.6 Å². The van der Waals surface area contributed by atoms with E-state index in [1.165, 1.54) is 6.07 Å². The van der Waals surface area contributed by atoms with Crippen molar-refractivity contribution in [3.8, 4) is 0 Å². The van der Waals surface area contributed by atoms with Crippen molar-refractivity contribution in [2.24, 2.45) is 17.8 Å². The summed E-state index contributed by atoms with van der Waals surface area (Å²) in [5.74, 6) is 1.51. The lowest BCUT2D eigenvalue weighted by atomic mass is 9.73. The van der Waals surface area contributed by atoms with Gasteiger partial charge >= 0.3 is 0 Å². The quantitative estimate of drug-likeness (QED) is 0.793. The van der Waals surface area contributed by atoms with Gasteiger partial charge in [0.15, 0.2) is 0 Å². The number of carbonyl (C=O) groups is 1. The monoisotopic (exact) mass is 262 g/mol. The van der Waals surface area contributed by atoms with Crippen LogP contribution in [0.3, 0.4) is 0 Å². The number of halogens is 1. The molecule has 1 aliphatic rings. The normalized spacial score (nSPS) is 23.9. The molecule has 2 heteroatoms. The molecule has 0 heterocycles. The summed E-state index contributed by atoms with van der Waals surface area (Å²) < 4.78 is 13.3. The van der Waals surface area contributed by atoms with E-state index in [0.29, 0.717) is 30.5 Å². The minimum Gasteiger partial charge on any atom is -0.299 e. The van der Waals surface area contributed by atoms with Crippen molar-refractivity contribution in [2.45, 2.75) is 46.5 Å². The first-order valence-electron chi connectivity index (χ1n) is 7.25. The zero-order chi connectivity index (χ0) is 14.0. The maximum absolute atomic E-state index is 13.3. The molecule has 0 aromatic heterocycles. The highest BCUT2D eigenvalue weighted by molar-refractivity contribution is 5.82. The second kappa shape index (κ2) is 5.85. The lowest BCUT2D eigenvalue weighted by Gasteiger charge is -2.31. The summed E-state index contributed by atoms with van der Waals surface area (Å²) in [6.07, 6.45) is 3.38. The van der Waals surface area contributed by atoms with Crippen LogP contribution in [-0.4, -0.2) is 5.78 Å². The first kappa shape index (κ1) is 14.2. The fourth-order valence-electron chi connectivity index (χ4n) is 3.07. The molecule has 2 rings (SSSR count). The van der Waals surface area contributed by atoms with Gasteiger partial charge in [-0.2, -0.15) is 0 Å². The third kappa shape index (κ3) is 3.43. The summed E-state index contributed by atoms with van der Waals surface area (Å²) in [4.78, 5) is 12.1. The van der Waals surface area contributed by atoms with Gasteiger partial charge in [0, 0.05) is 12.3 Å². The average Bonchev–Trinajstić information content (AvgIpc) is 2.36. The van der Waals surface area contributed by atoms with E-state index < -0.39 is 0 Å². The van der Waals surface area contributed by atoms with Gasteiger partial charge in [-0.1, -0.05) is 19.9 Å². The van der Waals surface area contributed by atoms with E-state index in [1.807, 2.05) is 6.92 Å². The second-order valence-corrected chi connectivity index (χ2v) is 6.22. The molecule has 1 nitrogen and oxygen atoms in total. The van der Waals surface area contributed by atoms with E-state index in [2.05, 4.69) is 13.8 Å². The van der Waals surface area contributed by atoms with Crippen molar-refractivity contribution in [1.29, 1.82) is 0 Å². The van der Waals surface area contributed by atoms with Gasteiger partial charge in [-0.05, 0) is 61.3 Å². The highest BCUT2D eigenvalue weighted by Crippen LogP contribution is 2.33. The largest absolute Gasteiger partial charge is 0.299 e. The Morgan fingerprint density at radius 1 is 1.37 bits per heavy atom. The number of ketones is 1. The molecule has 0 saturated heterocycles. The molecule has 0 N–H and O–H groups in total. The first-order valence-corrected chi connectivity index (χ1v) is 7.25. The van der Waals surface area contributed by atoms with Gasteiger partial charge < -0.3 is 0 Å². The van der Waals surface area contributed by atoms with Crippen LogP contribution in [-0.2, 0) is 11.2 Å². The average molecular weight is 262 g/mol. The third-order valence-electron chi connectivity index (χ3n) is 4.52. The highest BCUT2D eigenvalue weighted by Gasteiger charge is 2.30. The van der Waals surface area contributed by atoms with E-state index in [1.54, 1.807) is 12.1 Å². The van der Waals surface area contributed by atoms with E-state index in [4.69, 9.17) is 0 Å². The molecule has 0 radical (unpaired) electrons. The van der Waals surface area contributed by atoms with Crippen LogP contribution in [0.2, 0.25) is 0 Å². The summed E-state index contributed by atoms with van der Waals surface area (Å²) in [7, 11) is 0. The standard InChI is InChI=1S/C17H23FO/c1-11(2)13-5-7-17(19)15(8-13)9-14-10-16(18)6-4-12(14)3/h4,6,10-11,13,15H,5,7-9H2,1-3H3. The predicted octanol–water partition coefficient (Wildman–Crippen LogP) is 4.32. The summed E-state index contributed by atoms with van der Waals surface area (Å²) in [5, 5.41) is 0. The number of Topliss-reactive ketones (excluding diaryl/α,β-unsaturated/α-hetero) is 1. The van der Waals surface area contributed by atoms with E-state index in [0.717, 1.165) is 24.0 Å². The molecule has 0 amide bonds. The summed E-state index contributed by atoms with van der Waals surface area (Å²) >= 11 is 0. The Morgan fingerprint density at radius 2 is 2.11 bits per heavy atom. The Bertz CT molecular complexity index is 464. The van der Waals surface area contributed by atoms with E-state index in [9.17, 15) is 9.18 Å². The second-order valence-electron chi connectivity index (χ2n) is 6.22. The van der Waals surface area contributed by atoms with Crippen molar-refractivity contribution in [1.82, 2.24) is 0 Å². The Kier molecular flexibility index (Phi) is 4.38. The zero-order valence-electron chi connectivity index (χ0n) is 12.1. The lowest BCUT2D eigenvalue weighted by Crippen LogP contribution is -2.29. The lowest BCUT2D eigenvalue weighted by molar-refractivity contribution is -0.125. The summed E-state index contributed by atoms with van der Waals surface area (Å²) in [6.45, 7) is 6.44. The molecule has 1 fully saturated rings.